The number of fused-ring (bicyclic) bond motifs is 1. The monoisotopic (exact) mass is 246 g/mol. The molecule has 94 valence electrons. The van der Waals surface area contributed by atoms with Crippen LogP contribution in [0.5, 0.6) is 0 Å². The van der Waals surface area contributed by atoms with Gasteiger partial charge in [0.2, 0.25) is 0 Å². The number of nitrogens with zero attached hydrogens (tertiary/aromatic N) is 2. The first-order valence-electron chi connectivity index (χ1n) is 5.74. The predicted octanol–water partition coefficient (Wildman–Crippen LogP) is 1.78. The van der Waals surface area contributed by atoms with Crippen molar-refractivity contribution < 1.29 is 14.3 Å². The van der Waals surface area contributed by atoms with Crippen LogP contribution in [0.25, 0.3) is 5.65 Å². The summed E-state index contributed by atoms with van der Waals surface area (Å²) in [5.74, 6) is -0.842. The lowest BCUT2D eigenvalue weighted by Gasteiger charge is -1.98. The summed E-state index contributed by atoms with van der Waals surface area (Å²) in [5.41, 5.74) is 2.05. The van der Waals surface area contributed by atoms with Crippen molar-refractivity contribution in [2.75, 3.05) is 6.61 Å². The Morgan fingerprint density at radius 2 is 2.11 bits per heavy atom. The maximum Gasteiger partial charge on any atom is 0.313 e. The van der Waals surface area contributed by atoms with Crippen molar-refractivity contribution in [1.82, 2.24) is 9.38 Å². The lowest BCUT2D eigenvalue weighted by molar-refractivity contribution is -0.141. The van der Waals surface area contributed by atoms with Crippen LogP contribution in [-0.2, 0) is 9.53 Å². The number of Topliss-reactive ketones (excluding diaryl/α,β-unsaturated/α-hetero) is 1. The molecule has 0 saturated carbocycles. The molecule has 5 nitrogen and oxygen atoms in total. The van der Waals surface area contributed by atoms with Gasteiger partial charge in [-0.2, -0.15) is 0 Å². The van der Waals surface area contributed by atoms with Crippen molar-refractivity contribution >= 4 is 17.4 Å². The van der Waals surface area contributed by atoms with Gasteiger partial charge >= 0.3 is 5.97 Å². The third-order valence-corrected chi connectivity index (χ3v) is 2.49. The molecule has 0 bridgehead atoms. The summed E-state index contributed by atoms with van der Waals surface area (Å²) in [5, 5.41) is 0. The Bertz CT molecular complexity index is 601. The number of hydrogen-bond acceptors (Lipinski definition) is 4. The van der Waals surface area contributed by atoms with Crippen LogP contribution >= 0.6 is 0 Å². The number of carbonyl (C=O) groups excluding carboxylic acids is 2. The van der Waals surface area contributed by atoms with Crippen molar-refractivity contribution in [2.45, 2.75) is 20.3 Å². The molecule has 2 rings (SSSR count). The number of aryl methyl sites for hydroxylation is 1. The molecule has 0 saturated heterocycles. The molecule has 5 heteroatoms. The van der Waals surface area contributed by atoms with Gasteiger partial charge in [0.1, 0.15) is 17.8 Å². The second-order valence-electron chi connectivity index (χ2n) is 4.00. The van der Waals surface area contributed by atoms with E-state index in [1.807, 2.05) is 25.3 Å². The van der Waals surface area contributed by atoms with Crippen LogP contribution < -0.4 is 0 Å². The van der Waals surface area contributed by atoms with Crippen LogP contribution in [0.2, 0.25) is 0 Å². The highest BCUT2D eigenvalue weighted by Gasteiger charge is 2.15. The van der Waals surface area contributed by atoms with Crippen molar-refractivity contribution in [3.63, 3.8) is 0 Å². The normalized spacial score (nSPS) is 10.6. The number of rotatable bonds is 4. The summed E-state index contributed by atoms with van der Waals surface area (Å²) >= 11 is 0. The molecule has 2 heterocycles. The third-order valence-electron chi connectivity index (χ3n) is 2.49. The second kappa shape index (κ2) is 5.00. The van der Waals surface area contributed by atoms with Crippen LogP contribution in [0.4, 0.5) is 0 Å². The molecule has 0 aromatic carbocycles. The molecule has 0 radical (unpaired) electrons. The molecule has 0 fully saturated rings. The average molecular weight is 246 g/mol. The summed E-state index contributed by atoms with van der Waals surface area (Å²) in [7, 11) is 0. The van der Waals surface area contributed by atoms with Crippen molar-refractivity contribution in [3.8, 4) is 0 Å². The first kappa shape index (κ1) is 12.3. The number of esters is 1. The molecular formula is C13H14N2O3. The van der Waals surface area contributed by atoms with Gasteiger partial charge in [-0.1, -0.05) is 6.07 Å². The third kappa shape index (κ3) is 2.56. The Kier molecular flexibility index (Phi) is 3.41. The maximum absolute atomic E-state index is 11.8. The van der Waals surface area contributed by atoms with E-state index in [0.717, 1.165) is 5.56 Å². The van der Waals surface area contributed by atoms with E-state index in [-0.39, 0.29) is 24.5 Å². The molecule has 0 N–H and O–H groups in total. The van der Waals surface area contributed by atoms with Gasteiger partial charge in [0.25, 0.3) is 0 Å². The van der Waals surface area contributed by atoms with Gasteiger partial charge in [0, 0.05) is 12.4 Å². The van der Waals surface area contributed by atoms with Gasteiger partial charge in [-0.15, -0.1) is 0 Å². The minimum Gasteiger partial charge on any atom is -0.466 e. The molecule has 0 aliphatic carbocycles. The zero-order chi connectivity index (χ0) is 13.1. The lowest BCUT2D eigenvalue weighted by Crippen LogP contribution is -2.11. The van der Waals surface area contributed by atoms with Crippen LogP contribution in [0.3, 0.4) is 0 Å². The highest BCUT2D eigenvalue weighted by atomic mass is 16.5. The lowest BCUT2D eigenvalue weighted by atomic mass is 10.2. The van der Waals surface area contributed by atoms with Crippen molar-refractivity contribution in [1.29, 1.82) is 0 Å². The number of pyridine rings is 1. The molecule has 0 amide bonds. The molecule has 0 unspecified atom stereocenters. The van der Waals surface area contributed by atoms with Crippen molar-refractivity contribution in [3.05, 3.63) is 35.8 Å². The smallest absolute Gasteiger partial charge is 0.313 e. The van der Waals surface area contributed by atoms with E-state index < -0.39 is 5.97 Å². The highest BCUT2D eigenvalue weighted by Crippen LogP contribution is 2.09. The predicted molar refractivity (Wildman–Crippen MR) is 65.5 cm³/mol. The summed E-state index contributed by atoms with van der Waals surface area (Å²) in [4.78, 5) is 27.2. The van der Waals surface area contributed by atoms with Crippen LogP contribution in [0, 0.1) is 6.92 Å². The summed E-state index contributed by atoms with van der Waals surface area (Å²) in [6, 6.07) is 3.75. The molecule has 0 spiro atoms. The van der Waals surface area contributed by atoms with E-state index in [4.69, 9.17) is 4.74 Å². The Balaban J connectivity index is 2.20. The topological polar surface area (TPSA) is 60.7 Å². The van der Waals surface area contributed by atoms with E-state index in [9.17, 15) is 9.59 Å². The summed E-state index contributed by atoms with van der Waals surface area (Å²) < 4.78 is 6.50. The largest absolute Gasteiger partial charge is 0.466 e. The van der Waals surface area contributed by atoms with E-state index in [1.165, 1.54) is 0 Å². The number of imidazole rings is 1. The summed E-state index contributed by atoms with van der Waals surface area (Å²) in [6.45, 7) is 3.94. The molecule has 2 aromatic heterocycles. The van der Waals surface area contributed by atoms with Gasteiger partial charge in [0.15, 0.2) is 5.78 Å². The second-order valence-corrected chi connectivity index (χ2v) is 4.00. The number of ether oxygens (including phenoxy) is 1. The van der Waals surface area contributed by atoms with Gasteiger partial charge in [-0.25, -0.2) is 4.98 Å². The molecule has 0 atom stereocenters. The molecule has 0 aliphatic heterocycles. The number of ketones is 1. The molecule has 2 aromatic rings. The number of carbonyl (C=O) groups is 2. The quantitative estimate of drug-likeness (QED) is 0.468. The number of hydrogen-bond donors (Lipinski definition) is 0. The minimum absolute atomic E-state index is 0.267. The van der Waals surface area contributed by atoms with Crippen molar-refractivity contribution in [2.24, 2.45) is 0 Å². The standard InChI is InChI=1S/C13H14N2O3/c1-3-18-13(17)6-11(16)10-8-15-7-9(2)4-5-12(15)14-10/h4-5,7-8H,3,6H2,1-2H3. The molecule has 18 heavy (non-hydrogen) atoms. The summed E-state index contributed by atoms with van der Waals surface area (Å²) in [6.07, 6.45) is 3.24. The Labute approximate surface area is 104 Å². The van der Waals surface area contributed by atoms with Gasteiger partial charge in [-0.3, -0.25) is 9.59 Å². The van der Waals surface area contributed by atoms with E-state index in [1.54, 1.807) is 17.5 Å². The van der Waals surface area contributed by atoms with E-state index in [0.29, 0.717) is 5.65 Å². The fraction of sp³-hybridized carbons (Fsp3) is 0.308. The number of aromatic nitrogens is 2. The first-order valence-corrected chi connectivity index (χ1v) is 5.74. The van der Waals surface area contributed by atoms with Crippen LogP contribution in [0.1, 0.15) is 29.4 Å². The van der Waals surface area contributed by atoms with E-state index >= 15 is 0 Å². The van der Waals surface area contributed by atoms with Gasteiger partial charge in [0.05, 0.1) is 6.61 Å². The molecule has 0 aliphatic rings. The Hall–Kier alpha value is -2.17. The fourth-order valence-corrected chi connectivity index (χ4v) is 1.67. The van der Waals surface area contributed by atoms with Crippen LogP contribution in [0.15, 0.2) is 24.5 Å². The van der Waals surface area contributed by atoms with Gasteiger partial charge in [-0.05, 0) is 25.5 Å². The van der Waals surface area contributed by atoms with E-state index in [2.05, 4.69) is 4.98 Å². The maximum atomic E-state index is 11.8. The first-order chi connectivity index (χ1) is 8.60. The van der Waals surface area contributed by atoms with Crippen LogP contribution in [-0.4, -0.2) is 27.7 Å². The zero-order valence-electron chi connectivity index (χ0n) is 10.3. The average Bonchev–Trinajstić information content (AvgIpc) is 2.72. The highest BCUT2D eigenvalue weighted by molar-refractivity contribution is 6.05. The Morgan fingerprint density at radius 1 is 1.33 bits per heavy atom. The minimum atomic E-state index is -0.518. The SMILES string of the molecule is CCOC(=O)CC(=O)c1cn2cc(C)ccc2n1. The zero-order valence-corrected chi connectivity index (χ0v) is 10.3. The fourth-order valence-electron chi connectivity index (χ4n) is 1.67. The molecular weight excluding hydrogens is 232 g/mol. The van der Waals surface area contributed by atoms with Gasteiger partial charge < -0.3 is 9.14 Å². The Morgan fingerprint density at radius 3 is 2.83 bits per heavy atom.